The van der Waals surface area contributed by atoms with Crippen molar-refractivity contribution < 1.29 is 0 Å². The van der Waals surface area contributed by atoms with Crippen LogP contribution in [0.3, 0.4) is 0 Å². The predicted molar refractivity (Wildman–Crippen MR) is 127 cm³/mol. The molecule has 1 aliphatic heterocycles. The van der Waals surface area contributed by atoms with E-state index in [2.05, 4.69) is 51.7 Å². The summed E-state index contributed by atoms with van der Waals surface area (Å²) in [6, 6.07) is 13.4. The van der Waals surface area contributed by atoms with Gasteiger partial charge < -0.3 is 10.6 Å². The number of para-hydroxylation sites is 1. The Labute approximate surface area is 190 Å². The average Bonchev–Trinajstić information content (AvgIpc) is 2.76. The third kappa shape index (κ3) is 3.53. The quantitative estimate of drug-likeness (QED) is 0.489. The van der Waals surface area contributed by atoms with Crippen molar-refractivity contribution in [1.82, 2.24) is 25.1 Å². The number of fused-ring (bicyclic) bond motifs is 2. The predicted octanol–water partition coefficient (Wildman–Crippen LogP) is 4.26. The van der Waals surface area contributed by atoms with Crippen LogP contribution in [0.25, 0.3) is 16.6 Å². The molecule has 0 saturated carbocycles. The number of hydrogen-bond donors (Lipinski definition) is 2. The Morgan fingerprint density at radius 1 is 1.19 bits per heavy atom. The Balaban J connectivity index is 1.52. The first-order chi connectivity index (χ1) is 15.3. The molecule has 3 heterocycles. The van der Waals surface area contributed by atoms with E-state index in [-0.39, 0.29) is 11.0 Å². The number of halogens is 1. The van der Waals surface area contributed by atoms with Crippen molar-refractivity contribution in [3.63, 3.8) is 0 Å². The highest BCUT2D eigenvalue weighted by atomic mass is 35.5. The summed E-state index contributed by atoms with van der Waals surface area (Å²) >= 11 is 6.27. The van der Waals surface area contributed by atoms with Crippen LogP contribution in [0.4, 0.5) is 11.6 Å². The molecule has 4 aromatic rings. The number of hydrogen-bond acceptors (Lipinski definition) is 6. The lowest BCUT2D eigenvalue weighted by Gasteiger charge is -2.33. The van der Waals surface area contributed by atoms with Gasteiger partial charge in [-0.2, -0.15) is 9.78 Å². The number of nitrogens with one attached hydrogen (secondary N) is 2. The number of benzene rings is 2. The zero-order chi connectivity index (χ0) is 22.5. The van der Waals surface area contributed by atoms with Crippen molar-refractivity contribution in [3.8, 4) is 5.69 Å². The molecule has 0 amide bonds. The molecule has 8 heteroatoms. The lowest BCUT2D eigenvalue weighted by atomic mass is 9.79. The molecule has 0 spiro atoms. The summed E-state index contributed by atoms with van der Waals surface area (Å²) < 4.78 is 1.30. The second kappa shape index (κ2) is 7.69. The van der Waals surface area contributed by atoms with Crippen LogP contribution in [0.15, 0.2) is 53.5 Å². The van der Waals surface area contributed by atoms with Gasteiger partial charge in [0.15, 0.2) is 0 Å². The van der Waals surface area contributed by atoms with E-state index < -0.39 is 0 Å². The number of rotatable bonds is 3. The van der Waals surface area contributed by atoms with Gasteiger partial charge in [-0.3, -0.25) is 4.79 Å². The van der Waals surface area contributed by atoms with Crippen LogP contribution in [0.2, 0.25) is 5.02 Å². The maximum Gasteiger partial charge on any atom is 0.282 e. The van der Waals surface area contributed by atoms with Crippen molar-refractivity contribution in [2.45, 2.75) is 32.7 Å². The summed E-state index contributed by atoms with van der Waals surface area (Å²) in [5.74, 6) is 0.417. The van der Waals surface area contributed by atoms with Gasteiger partial charge in [0.2, 0.25) is 5.95 Å². The fraction of sp³-hybridized carbons (Fsp3) is 0.250. The van der Waals surface area contributed by atoms with E-state index in [0.717, 1.165) is 18.8 Å². The molecular weight excluding hydrogens is 424 g/mol. The van der Waals surface area contributed by atoms with Crippen LogP contribution in [-0.2, 0) is 12.0 Å². The Morgan fingerprint density at radius 2 is 2.00 bits per heavy atom. The summed E-state index contributed by atoms with van der Waals surface area (Å²) in [5, 5.41) is 12.0. The third-order valence-corrected chi connectivity index (χ3v) is 6.18. The minimum Gasteiger partial charge on any atom is -0.324 e. The summed E-state index contributed by atoms with van der Waals surface area (Å²) in [4.78, 5) is 22.0. The molecule has 0 unspecified atom stereocenters. The zero-order valence-electron chi connectivity index (χ0n) is 18.1. The molecule has 5 rings (SSSR count). The van der Waals surface area contributed by atoms with Crippen molar-refractivity contribution >= 4 is 34.1 Å². The molecule has 2 aromatic carbocycles. The third-order valence-electron chi connectivity index (χ3n) is 5.86. The maximum atomic E-state index is 13.1. The Morgan fingerprint density at radius 3 is 2.81 bits per heavy atom. The fourth-order valence-corrected chi connectivity index (χ4v) is 4.45. The summed E-state index contributed by atoms with van der Waals surface area (Å²) in [5.41, 5.74) is 4.93. The number of aromatic nitrogens is 4. The standard InChI is InChI=1S/C24H23ClN6O/c1-14-21-17(22(32)31(30-14)20-7-5-4-6-19(20)25)12-27-23(29-21)28-16-8-9-18-15(10-16)11-26-13-24(18,2)3/h4-10,12,26H,11,13H2,1-3H3,(H,27,28,29). The molecule has 0 saturated heterocycles. The van der Waals surface area contributed by atoms with E-state index in [0.29, 0.717) is 33.3 Å². The summed E-state index contributed by atoms with van der Waals surface area (Å²) in [7, 11) is 0. The topological polar surface area (TPSA) is 84.7 Å². The second-order valence-electron chi connectivity index (χ2n) is 8.69. The van der Waals surface area contributed by atoms with Gasteiger partial charge in [-0.15, -0.1) is 0 Å². The monoisotopic (exact) mass is 446 g/mol. The highest BCUT2D eigenvalue weighted by Gasteiger charge is 2.27. The van der Waals surface area contributed by atoms with E-state index in [1.165, 1.54) is 22.0 Å². The van der Waals surface area contributed by atoms with Gasteiger partial charge in [0.1, 0.15) is 5.52 Å². The second-order valence-corrected chi connectivity index (χ2v) is 9.10. The normalized spacial score (nSPS) is 14.9. The molecule has 32 heavy (non-hydrogen) atoms. The van der Waals surface area contributed by atoms with Gasteiger partial charge in [-0.05, 0) is 42.3 Å². The molecule has 0 bridgehead atoms. The minimum atomic E-state index is -0.313. The largest absolute Gasteiger partial charge is 0.324 e. The van der Waals surface area contributed by atoms with Crippen LogP contribution in [0, 0.1) is 6.92 Å². The average molecular weight is 447 g/mol. The fourth-order valence-electron chi connectivity index (χ4n) is 4.23. The number of aryl methyl sites for hydroxylation is 1. The molecular formula is C24H23ClN6O. The SMILES string of the molecule is Cc1nn(-c2ccccc2Cl)c(=O)c2cnc(Nc3ccc4c(c3)CNCC4(C)C)nc12. The Hall–Kier alpha value is -3.29. The highest BCUT2D eigenvalue weighted by Crippen LogP contribution is 2.31. The van der Waals surface area contributed by atoms with Crippen LogP contribution in [-0.4, -0.2) is 26.3 Å². The molecule has 2 aromatic heterocycles. The van der Waals surface area contributed by atoms with Gasteiger partial charge in [0, 0.05) is 30.4 Å². The Kier molecular flexibility index (Phi) is 4.95. The van der Waals surface area contributed by atoms with E-state index in [9.17, 15) is 4.79 Å². The maximum absolute atomic E-state index is 13.1. The number of nitrogens with zero attached hydrogens (tertiary/aromatic N) is 4. The first-order valence-corrected chi connectivity index (χ1v) is 10.8. The van der Waals surface area contributed by atoms with Crippen molar-refractivity contribution in [3.05, 3.63) is 80.9 Å². The molecule has 1 aliphatic rings. The molecule has 7 nitrogen and oxygen atoms in total. The van der Waals surface area contributed by atoms with Gasteiger partial charge >= 0.3 is 0 Å². The van der Waals surface area contributed by atoms with Gasteiger partial charge in [-0.1, -0.05) is 43.6 Å². The first kappa shape index (κ1) is 20.6. The molecule has 162 valence electrons. The number of anilines is 2. The smallest absolute Gasteiger partial charge is 0.282 e. The van der Waals surface area contributed by atoms with E-state index in [4.69, 9.17) is 11.6 Å². The molecule has 2 N–H and O–H groups in total. The van der Waals surface area contributed by atoms with Crippen molar-refractivity contribution in [1.29, 1.82) is 0 Å². The van der Waals surface area contributed by atoms with E-state index >= 15 is 0 Å². The molecule has 0 radical (unpaired) electrons. The van der Waals surface area contributed by atoms with Crippen LogP contribution in [0.1, 0.15) is 30.7 Å². The van der Waals surface area contributed by atoms with Crippen molar-refractivity contribution in [2.75, 3.05) is 11.9 Å². The molecule has 0 aliphatic carbocycles. The van der Waals surface area contributed by atoms with Crippen LogP contribution >= 0.6 is 11.6 Å². The summed E-state index contributed by atoms with van der Waals surface area (Å²) in [6.07, 6.45) is 1.54. The lowest BCUT2D eigenvalue weighted by molar-refractivity contribution is 0.435. The first-order valence-electron chi connectivity index (χ1n) is 10.5. The zero-order valence-corrected chi connectivity index (χ0v) is 18.9. The lowest BCUT2D eigenvalue weighted by Crippen LogP contribution is -2.38. The van der Waals surface area contributed by atoms with Crippen LogP contribution < -0.4 is 16.2 Å². The highest BCUT2D eigenvalue weighted by molar-refractivity contribution is 6.32. The van der Waals surface area contributed by atoms with Crippen molar-refractivity contribution in [2.24, 2.45) is 0 Å². The van der Waals surface area contributed by atoms with Gasteiger partial charge in [0.05, 0.1) is 21.8 Å². The molecule has 0 fully saturated rings. The van der Waals surface area contributed by atoms with E-state index in [1.807, 2.05) is 25.1 Å². The van der Waals surface area contributed by atoms with Gasteiger partial charge in [-0.25, -0.2) is 9.97 Å². The Bertz CT molecular complexity index is 1410. The minimum absolute atomic E-state index is 0.0931. The molecule has 0 atom stereocenters. The van der Waals surface area contributed by atoms with E-state index in [1.54, 1.807) is 12.1 Å². The van der Waals surface area contributed by atoms with Crippen LogP contribution in [0.5, 0.6) is 0 Å². The van der Waals surface area contributed by atoms with Gasteiger partial charge in [0.25, 0.3) is 5.56 Å². The summed E-state index contributed by atoms with van der Waals surface area (Å²) in [6.45, 7) is 8.08.